The van der Waals surface area contributed by atoms with E-state index in [1.54, 1.807) is 0 Å². The van der Waals surface area contributed by atoms with Gasteiger partial charge in [0.15, 0.2) is 0 Å². The molecule has 0 saturated heterocycles. The second-order valence-corrected chi connectivity index (χ2v) is 6.78. The van der Waals surface area contributed by atoms with Crippen LogP contribution in [0.5, 0.6) is 0 Å². The number of rotatable bonds is 2. The lowest BCUT2D eigenvalue weighted by Gasteiger charge is -2.49. The summed E-state index contributed by atoms with van der Waals surface area (Å²) in [5.74, 6) is 3.03. The average Bonchev–Trinajstić information content (AvgIpc) is 2.33. The van der Waals surface area contributed by atoms with Crippen LogP contribution in [0.25, 0.3) is 0 Å². The van der Waals surface area contributed by atoms with Gasteiger partial charge in [-0.05, 0) is 42.4 Å². The molecule has 0 aromatic heterocycles. The molecule has 0 spiro atoms. The summed E-state index contributed by atoms with van der Waals surface area (Å²) < 4.78 is 0. The van der Waals surface area contributed by atoms with E-state index in [1.807, 2.05) is 0 Å². The van der Waals surface area contributed by atoms with E-state index in [0.29, 0.717) is 0 Å². The molecule has 0 amide bonds. The van der Waals surface area contributed by atoms with Gasteiger partial charge >= 0.3 is 0 Å². The predicted octanol–water partition coefficient (Wildman–Crippen LogP) is 5.42. The Morgan fingerprint density at radius 3 is 2.31 bits per heavy atom. The Hall–Kier alpha value is 0. The van der Waals surface area contributed by atoms with Crippen molar-refractivity contribution in [1.29, 1.82) is 0 Å². The summed E-state index contributed by atoms with van der Waals surface area (Å²) in [6, 6.07) is 0. The monoisotopic (exact) mass is 222 g/mol. The van der Waals surface area contributed by atoms with Crippen LogP contribution in [0.15, 0.2) is 0 Å². The molecule has 2 aliphatic rings. The van der Waals surface area contributed by atoms with E-state index in [2.05, 4.69) is 20.8 Å². The van der Waals surface area contributed by atoms with Gasteiger partial charge in [0, 0.05) is 0 Å². The molecule has 0 aromatic carbocycles. The minimum Gasteiger partial charge on any atom is -0.0648 e. The smallest absolute Gasteiger partial charge is 0.0269 e. The van der Waals surface area contributed by atoms with E-state index in [9.17, 15) is 0 Å². The Morgan fingerprint density at radius 2 is 1.69 bits per heavy atom. The van der Waals surface area contributed by atoms with Crippen LogP contribution in [-0.2, 0) is 0 Å². The highest BCUT2D eigenvalue weighted by atomic mass is 14.5. The zero-order valence-electron chi connectivity index (χ0n) is 11.6. The maximum Gasteiger partial charge on any atom is -0.0269 e. The van der Waals surface area contributed by atoms with Crippen LogP contribution in [0.2, 0.25) is 0 Å². The highest BCUT2D eigenvalue weighted by molar-refractivity contribution is 4.93. The van der Waals surface area contributed by atoms with Crippen LogP contribution < -0.4 is 0 Å². The minimum atomic E-state index is 0.742. The maximum atomic E-state index is 2.53. The summed E-state index contributed by atoms with van der Waals surface area (Å²) in [6.45, 7) is 7.46. The lowest BCUT2D eigenvalue weighted by molar-refractivity contribution is 0.0130. The Balaban J connectivity index is 2.11. The van der Waals surface area contributed by atoms with Gasteiger partial charge in [-0.2, -0.15) is 0 Å². The van der Waals surface area contributed by atoms with Crippen molar-refractivity contribution in [2.24, 2.45) is 23.2 Å². The summed E-state index contributed by atoms with van der Waals surface area (Å²) in [7, 11) is 0. The van der Waals surface area contributed by atoms with Gasteiger partial charge in [0.05, 0.1) is 0 Å². The van der Waals surface area contributed by atoms with Gasteiger partial charge < -0.3 is 0 Å². The van der Waals surface area contributed by atoms with E-state index in [1.165, 1.54) is 57.8 Å². The van der Waals surface area contributed by atoms with Crippen molar-refractivity contribution in [2.75, 3.05) is 0 Å². The zero-order chi connectivity index (χ0) is 11.6. The van der Waals surface area contributed by atoms with Crippen LogP contribution in [0.1, 0.15) is 78.6 Å². The molecule has 0 aliphatic heterocycles. The lowest BCUT2D eigenvalue weighted by atomic mass is 9.56. The molecule has 0 heterocycles. The second kappa shape index (κ2) is 5.10. The van der Waals surface area contributed by atoms with E-state index in [4.69, 9.17) is 0 Å². The van der Waals surface area contributed by atoms with Crippen LogP contribution in [-0.4, -0.2) is 0 Å². The third kappa shape index (κ3) is 2.31. The molecule has 3 atom stereocenters. The normalized spacial score (nSPS) is 39.6. The highest BCUT2D eigenvalue weighted by Crippen LogP contribution is 2.53. The summed E-state index contributed by atoms with van der Waals surface area (Å²) in [5.41, 5.74) is 0.742. The fourth-order valence-electron chi connectivity index (χ4n) is 4.63. The Kier molecular flexibility index (Phi) is 3.97. The van der Waals surface area contributed by atoms with Crippen molar-refractivity contribution < 1.29 is 0 Å². The second-order valence-electron chi connectivity index (χ2n) is 6.78. The third-order valence-corrected chi connectivity index (χ3v) is 5.80. The first-order valence-corrected chi connectivity index (χ1v) is 7.68. The van der Waals surface area contributed by atoms with E-state index < -0.39 is 0 Å². The Bertz CT molecular complexity index is 212. The van der Waals surface area contributed by atoms with Crippen molar-refractivity contribution >= 4 is 0 Å². The summed E-state index contributed by atoms with van der Waals surface area (Å²) in [4.78, 5) is 0. The molecular formula is C16H30. The molecule has 0 heteroatoms. The number of hydrogen-bond donors (Lipinski definition) is 0. The van der Waals surface area contributed by atoms with Crippen LogP contribution in [0.4, 0.5) is 0 Å². The van der Waals surface area contributed by atoms with E-state index >= 15 is 0 Å². The lowest BCUT2D eigenvalue weighted by Crippen LogP contribution is -2.39. The summed E-state index contributed by atoms with van der Waals surface area (Å²) in [6.07, 6.45) is 13.5. The maximum absolute atomic E-state index is 2.53. The quantitative estimate of drug-likeness (QED) is 0.585. The van der Waals surface area contributed by atoms with Gasteiger partial charge in [-0.25, -0.2) is 0 Å². The fourth-order valence-corrected chi connectivity index (χ4v) is 4.63. The molecule has 0 bridgehead atoms. The molecule has 2 rings (SSSR count). The fraction of sp³-hybridized carbons (Fsp3) is 1.00. The first-order chi connectivity index (χ1) is 7.68. The summed E-state index contributed by atoms with van der Waals surface area (Å²) in [5, 5.41) is 0. The first-order valence-electron chi connectivity index (χ1n) is 7.68. The van der Waals surface area contributed by atoms with Gasteiger partial charge in [-0.1, -0.05) is 59.3 Å². The first kappa shape index (κ1) is 12.5. The van der Waals surface area contributed by atoms with Crippen LogP contribution in [0, 0.1) is 23.2 Å². The molecule has 2 aliphatic carbocycles. The standard InChI is InChI=1S/C16H30/c1-4-16(10-6-5-7-11-16)15-12-13(2)8-9-14(15)3/h13-15H,4-12H2,1-3H3. The van der Waals surface area contributed by atoms with Gasteiger partial charge in [0.1, 0.15) is 0 Å². The molecule has 16 heavy (non-hydrogen) atoms. The van der Waals surface area contributed by atoms with E-state index in [-0.39, 0.29) is 0 Å². The minimum absolute atomic E-state index is 0.742. The van der Waals surface area contributed by atoms with E-state index in [0.717, 1.165) is 23.2 Å². The largest absolute Gasteiger partial charge is 0.0648 e. The summed E-state index contributed by atoms with van der Waals surface area (Å²) >= 11 is 0. The van der Waals surface area contributed by atoms with Crippen molar-refractivity contribution in [2.45, 2.75) is 78.6 Å². The van der Waals surface area contributed by atoms with Gasteiger partial charge in [-0.3, -0.25) is 0 Å². The van der Waals surface area contributed by atoms with Crippen molar-refractivity contribution in [3.05, 3.63) is 0 Å². The van der Waals surface area contributed by atoms with Crippen LogP contribution in [0.3, 0.4) is 0 Å². The molecule has 0 radical (unpaired) electrons. The zero-order valence-corrected chi connectivity index (χ0v) is 11.6. The third-order valence-electron chi connectivity index (χ3n) is 5.80. The molecule has 94 valence electrons. The molecule has 0 nitrogen and oxygen atoms in total. The van der Waals surface area contributed by atoms with Crippen molar-refractivity contribution in [3.63, 3.8) is 0 Å². The SMILES string of the molecule is CCC1(C2CC(C)CCC2C)CCCCC1. The highest BCUT2D eigenvalue weighted by Gasteiger charge is 2.42. The molecule has 3 unspecified atom stereocenters. The Morgan fingerprint density at radius 1 is 1.00 bits per heavy atom. The molecule has 2 fully saturated rings. The van der Waals surface area contributed by atoms with Gasteiger partial charge in [0.2, 0.25) is 0 Å². The molecular weight excluding hydrogens is 192 g/mol. The van der Waals surface area contributed by atoms with Gasteiger partial charge in [0.25, 0.3) is 0 Å². The predicted molar refractivity (Wildman–Crippen MR) is 71.5 cm³/mol. The van der Waals surface area contributed by atoms with Gasteiger partial charge in [-0.15, -0.1) is 0 Å². The molecule has 2 saturated carbocycles. The van der Waals surface area contributed by atoms with Crippen LogP contribution >= 0.6 is 0 Å². The number of hydrogen-bond acceptors (Lipinski definition) is 0. The van der Waals surface area contributed by atoms with Crippen molar-refractivity contribution in [3.8, 4) is 0 Å². The van der Waals surface area contributed by atoms with Crippen molar-refractivity contribution in [1.82, 2.24) is 0 Å². The molecule has 0 N–H and O–H groups in total. The topological polar surface area (TPSA) is 0 Å². The molecule has 0 aromatic rings. The Labute approximate surface area is 102 Å². The average molecular weight is 222 g/mol.